The number of rotatable bonds is 4. The molecule has 102 valence electrons. The van der Waals surface area contributed by atoms with Crippen LogP contribution in [-0.2, 0) is 16.1 Å². The topological polar surface area (TPSA) is 58.6 Å². The fourth-order valence-corrected chi connectivity index (χ4v) is 2.27. The Bertz CT molecular complexity index is 515. The van der Waals surface area contributed by atoms with Gasteiger partial charge in [-0.05, 0) is 19.4 Å². The zero-order valence-corrected chi connectivity index (χ0v) is 11.4. The molecule has 0 aromatic heterocycles. The first kappa shape index (κ1) is 13.5. The minimum absolute atomic E-state index is 0.169. The van der Waals surface area contributed by atoms with Gasteiger partial charge in [0.25, 0.3) is 5.91 Å². The predicted octanol–water partition coefficient (Wildman–Crippen LogP) is 1.45. The number of hydrogen-bond donors (Lipinski definition) is 1. The van der Waals surface area contributed by atoms with Gasteiger partial charge in [0, 0.05) is 7.11 Å². The van der Waals surface area contributed by atoms with E-state index < -0.39 is 5.54 Å². The van der Waals surface area contributed by atoms with Crippen molar-refractivity contribution in [3.63, 3.8) is 0 Å². The van der Waals surface area contributed by atoms with Crippen LogP contribution in [0.4, 0.5) is 4.79 Å². The number of amides is 3. The van der Waals surface area contributed by atoms with E-state index in [1.54, 1.807) is 6.92 Å². The SMILES string of the molecule is COC[C@]1(C)NC(=O)N(Cc2cccc(C)c2)C1=O. The zero-order valence-electron chi connectivity index (χ0n) is 11.4. The highest BCUT2D eigenvalue weighted by molar-refractivity contribution is 6.06. The molecule has 1 N–H and O–H groups in total. The highest BCUT2D eigenvalue weighted by Gasteiger charge is 2.47. The van der Waals surface area contributed by atoms with Gasteiger partial charge in [-0.1, -0.05) is 29.8 Å². The molecule has 0 unspecified atom stereocenters. The van der Waals surface area contributed by atoms with Gasteiger partial charge in [-0.25, -0.2) is 4.79 Å². The van der Waals surface area contributed by atoms with Gasteiger partial charge >= 0.3 is 6.03 Å². The molecule has 1 aromatic carbocycles. The van der Waals surface area contributed by atoms with Crippen LogP contribution < -0.4 is 5.32 Å². The first-order valence-corrected chi connectivity index (χ1v) is 6.15. The molecule has 5 nitrogen and oxygen atoms in total. The lowest BCUT2D eigenvalue weighted by molar-refractivity contribution is -0.132. The summed E-state index contributed by atoms with van der Waals surface area (Å²) in [6.45, 7) is 4.10. The number of carbonyl (C=O) groups is 2. The summed E-state index contributed by atoms with van der Waals surface area (Å²) in [5.41, 5.74) is 1.07. The van der Waals surface area contributed by atoms with Gasteiger partial charge in [-0.3, -0.25) is 9.69 Å². The monoisotopic (exact) mass is 262 g/mol. The highest BCUT2D eigenvalue weighted by atomic mass is 16.5. The van der Waals surface area contributed by atoms with Crippen molar-refractivity contribution in [1.82, 2.24) is 10.2 Å². The zero-order chi connectivity index (χ0) is 14.0. The van der Waals surface area contributed by atoms with Gasteiger partial charge in [0.05, 0.1) is 13.2 Å². The molecule has 5 heteroatoms. The van der Waals surface area contributed by atoms with Crippen molar-refractivity contribution < 1.29 is 14.3 Å². The number of methoxy groups -OCH3 is 1. The molecule has 0 radical (unpaired) electrons. The third-order valence-corrected chi connectivity index (χ3v) is 3.20. The first-order valence-electron chi connectivity index (χ1n) is 6.15. The van der Waals surface area contributed by atoms with Crippen molar-refractivity contribution in [2.75, 3.05) is 13.7 Å². The van der Waals surface area contributed by atoms with Crippen molar-refractivity contribution in [1.29, 1.82) is 0 Å². The average Bonchev–Trinajstić information content (AvgIpc) is 2.54. The van der Waals surface area contributed by atoms with Crippen molar-refractivity contribution in [3.05, 3.63) is 35.4 Å². The molecule has 1 saturated heterocycles. The molecule has 1 aliphatic rings. The number of nitrogens with zero attached hydrogens (tertiary/aromatic N) is 1. The van der Waals surface area contributed by atoms with E-state index in [9.17, 15) is 9.59 Å². The van der Waals surface area contributed by atoms with E-state index in [1.165, 1.54) is 12.0 Å². The molecular formula is C14H18N2O3. The summed E-state index contributed by atoms with van der Waals surface area (Å²) in [5, 5.41) is 2.68. The number of aryl methyl sites for hydroxylation is 1. The lowest BCUT2D eigenvalue weighted by Crippen LogP contribution is -2.47. The molecule has 1 aliphatic heterocycles. The second-order valence-corrected chi connectivity index (χ2v) is 5.08. The molecule has 2 rings (SSSR count). The second kappa shape index (κ2) is 5.01. The Morgan fingerprint density at radius 2 is 2.11 bits per heavy atom. The van der Waals surface area contributed by atoms with E-state index in [2.05, 4.69) is 5.32 Å². The van der Waals surface area contributed by atoms with Crippen LogP contribution in [-0.4, -0.2) is 36.1 Å². The van der Waals surface area contributed by atoms with E-state index >= 15 is 0 Å². The molecule has 1 heterocycles. The minimum atomic E-state index is -0.963. The largest absolute Gasteiger partial charge is 0.382 e. The van der Waals surface area contributed by atoms with E-state index in [0.717, 1.165) is 11.1 Å². The van der Waals surface area contributed by atoms with Crippen molar-refractivity contribution in [2.24, 2.45) is 0 Å². The van der Waals surface area contributed by atoms with Crippen LogP contribution >= 0.6 is 0 Å². The smallest absolute Gasteiger partial charge is 0.325 e. The Labute approximate surface area is 112 Å². The number of imide groups is 1. The highest BCUT2D eigenvalue weighted by Crippen LogP contribution is 2.20. The van der Waals surface area contributed by atoms with Crippen LogP contribution in [0.1, 0.15) is 18.1 Å². The summed E-state index contributed by atoms with van der Waals surface area (Å²) in [4.78, 5) is 25.4. The predicted molar refractivity (Wildman–Crippen MR) is 70.5 cm³/mol. The van der Waals surface area contributed by atoms with Gasteiger partial charge in [0.15, 0.2) is 0 Å². The third kappa shape index (κ3) is 2.61. The average molecular weight is 262 g/mol. The Morgan fingerprint density at radius 3 is 2.74 bits per heavy atom. The standard InChI is InChI=1S/C14H18N2O3/c1-10-5-4-6-11(7-10)8-16-12(17)14(2,9-19-3)15-13(16)18/h4-7H,8-9H2,1-3H3,(H,15,18)/t14-/m0/s1. The third-order valence-electron chi connectivity index (χ3n) is 3.20. The Balaban J connectivity index is 2.17. The van der Waals surface area contributed by atoms with Gasteiger partial charge in [-0.2, -0.15) is 0 Å². The van der Waals surface area contributed by atoms with Crippen LogP contribution in [0.3, 0.4) is 0 Å². The number of hydrogen-bond acceptors (Lipinski definition) is 3. The molecule has 1 fully saturated rings. The molecule has 1 atom stereocenters. The summed E-state index contributed by atoms with van der Waals surface area (Å²) in [6.07, 6.45) is 0. The molecule has 0 aliphatic carbocycles. The minimum Gasteiger partial charge on any atom is -0.382 e. The summed E-state index contributed by atoms with van der Waals surface area (Å²) in [6, 6.07) is 7.39. The van der Waals surface area contributed by atoms with E-state index in [-0.39, 0.29) is 25.1 Å². The fraction of sp³-hybridized carbons (Fsp3) is 0.429. The van der Waals surface area contributed by atoms with Crippen LogP contribution in [0.25, 0.3) is 0 Å². The molecular weight excluding hydrogens is 244 g/mol. The maximum absolute atomic E-state index is 12.3. The maximum Gasteiger partial charge on any atom is 0.325 e. The summed E-state index contributed by atoms with van der Waals surface area (Å²) in [5.74, 6) is -0.249. The van der Waals surface area contributed by atoms with Crippen molar-refractivity contribution in [2.45, 2.75) is 25.9 Å². The van der Waals surface area contributed by atoms with Gasteiger partial charge in [-0.15, -0.1) is 0 Å². The van der Waals surface area contributed by atoms with E-state index in [4.69, 9.17) is 4.74 Å². The summed E-state index contributed by atoms with van der Waals surface area (Å²) in [7, 11) is 1.51. The number of nitrogens with one attached hydrogen (secondary N) is 1. The van der Waals surface area contributed by atoms with E-state index in [1.807, 2.05) is 31.2 Å². The van der Waals surface area contributed by atoms with Crippen LogP contribution in [0.5, 0.6) is 0 Å². The fourth-order valence-electron chi connectivity index (χ4n) is 2.27. The van der Waals surface area contributed by atoms with Gasteiger partial charge < -0.3 is 10.1 Å². The molecule has 0 bridgehead atoms. The van der Waals surface area contributed by atoms with Crippen LogP contribution in [0.15, 0.2) is 24.3 Å². The van der Waals surface area contributed by atoms with Gasteiger partial charge in [0.1, 0.15) is 5.54 Å². The molecule has 1 aromatic rings. The van der Waals surface area contributed by atoms with E-state index in [0.29, 0.717) is 0 Å². The Morgan fingerprint density at radius 1 is 1.37 bits per heavy atom. The molecule has 0 saturated carbocycles. The summed E-state index contributed by atoms with van der Waals surface area (Å²) >= 11 is 0. The lowest BCUT2D eigenvalue weighted by atomic mass is 10.0. The normalized spacial score (nSPS) is 22.8. The van der Waals surface area contributed by atoms with Crippen LogP contribution in [0, 0.1) is 6.92 Å². The Hall–Kier alpha value is -1.88. The second-order valence-electron chi connectivity index (χ2n) is 5.08. The molecule has 19 heavy (non-hydrogen) atoms. The number of benzene rings is 1. The van der Waals surface area contributed by atoms with Gasteiger partial charge in [0.2, 0.25) is 0 Å². The summed E-state index contributed by atoms with van der Waals surface area (Å²) < 4.78 is 5.00. The van der Waals surface area contributed by atoms with Crippen molar-refractivity contribution >= 4 is 11.9 Å². The number of ether oxygens (including phenoxy) is 1. The first-order chi connectivity index (χ1) is 8.96. The quantitative estimate of drug-likeness (QED) is 0.836. The van der Waals surface area contributed by atoms with Crippen molar-refractivity contribution in [3.8, 4) is 0 Å². The maximum atomic E-state index is 12.3. The number of carbonyl (C=O) groups excluding carboxylic acids is 2. The number of urea groups is 1. The Kier molecular flexibility index (Phi) is 3.57. The van der Waals surface area contributed by atoms with Crippen LogP contribution in [0.2, 0.25) is 0 Å². The molecule has 0 spiro atoms. The lowest BCUT2D eigenvalue weighted by Gasteiger charge is -2.20. The molecule has 3 amide bonds.